The number of aromatic amines is 1. The number of aromatic nitrogens is 2. The number of rotatable bonds is 5. The molecule has 1 aromatic heterocycles. The molecule has 4 rings (SSSR count). The van der Waals surface area contributed by atoms with Crippen molar-refractivity contribution >= 4 is 5.91 Å². The molecule has 1 aromatic carbocycles. The summed E-state index contributed by atoms with van der Waals surface area (Å²) in [6.07, 6.45) is 7.03. The highest BCUT2D eigenvalue weighted by Gasteiger charge is 2.29. The van der Waals surface area contributed by atoms with Crippen LogP contribution in [0.5, 0.6) is 0 Å². The van der Waals surface area contributed by atoms with Crippen LogP contribution in [-0.2, 0) is 6.42 Å². The summed E-state index contributed by atoms with van der Waals surface area (Å²) in [6, 6.07) is 10.8. The van der Waals surface area contributed by atoms with Gasteiger partial charge in [0.15, 0.2) is 0 Å². The van der Waals surface area contributed by atoms with Crippen molar-refractivity contribution in [3.8, 4) is 0 Å². The number of piperidine rings is 1. The molecular formula is C21H27N3O. The second-order valence-corrected chi connectivity index (χ2v) is 7.74. The lowest BCUT2D eigenvalue weighted by Gasteiger charge is -2.31. The maximum absolute atomic E-state index is 12.6. The summed E-state index contributed by atoms with van der Waals surface area (Å²) in [4.78, 5) is 14.6. The largest absolute Gasteiger partial charge is 0.337 e. The fourth-order valence-corrected chi connectivity index (χ4v) is 3.76. The topological polar surface area (TPSA) is 49.0 Å². The van der Waals surface area contributed by atoms with Crippen LogP contribution < -0.4 is 0 Å². The highest BCUT2D eigenvalue weighted by atomic mass is 16.2. The zero-order chi connectivity index (χ0) is 17.2. The lowest BCUT2D eigenvalue weighted by atomic mass is 9.90. The third-order valence-electron chi connectivity index (χ3n) is 5.70. The van der Waals surface area contributed by atoms with Gasteiger partial charge in [-0.3, -0.25) is 9.89 Å². The highest BCUT2D eigenvalue weighted by molar-refractivity contribution is 5.92. The summed E-state index contributed by atoms with van der Waals surface area (Å²) in [5, 5.41) is 7.28. The van der Waals surface area contributed by atoms with Crippen molar-refractivity contribution in [1.82, 2.24) is 15.1 Å². The number of nitrogens with one attached hydrogen (secondary N) is 1. The molecule has 1 saturated carbocycles. The smallest absolute Gasteiger partial charge is 0.274 e. The van der Waals surface area contributed by atoms with Crippen LogP contribution in [0.1, 0.15) is 65.3 Å². The number of benzene rings is 1. The van der Waals surface area contributed by atoms with Crippen LogP contribution in [0, 0.1) is 12.8 Å². The summed E-state index contributed by atoms with van der Waals surface area (Å²) in [6.45, 7) is 3.86. The quantitative estimate of drug-likeness (QED) is 0.894. The van der Waals surface area contributed by atoms with Gasteiger partial charge in [-0.25, -0.2) is 0 Å². The van der Waals surface area contributed by atoms with Crippen LogP contribution in [-0.4, -0.2) is 34.1 Å². The van der Waals surface area contributed by atoms with Crippen molar-refractivity contribution in [1.29, 1.82) is 0 Å². The predicted octanol–water partition coefficient (Wildman–Crippen LogP) is 4.08. The number of hydrogen-bond acceptors (Lipinski definition) is 2. The Morgan fingerprint density at radius 1 is 1.16 bits per heavy atom. The van der Waals surface area contributed by atoms with Gasteiger partial charge < -0.3 is 4.90 Å². The molecule has 1 N–H and O–H groups in total. The minimum Gasteiger partial charge on any atom is -0.337 e. The Hall–Kier alpha value is -2.10. The van der Waals surface area contributed by atoms with Gasteiger partial charge in [0.05, 0.1) is 0 Å². The lowest BCUT2D eigenvalue weighted by molar-refractivity contribution is 0.0681. The number of aryl methyl sites for hydroxylation is 2. The Kier molecular flexibility index (Phi) is 4.60. The predicted molar refractivity (Wildman–Crippen MR) is 98.7 cm³/mol. The van der Waals surface area contributed by atoms with E-state index in [0.29, 0.717) is 11.6 Å². The molecular weight excluding hydrogens is 310 g/mol. The number of hydrogen-bond donors (Lipinski definition) is 1. The zero-order valence-electron chi connectivity index (χ0n) is 15.0. The monoisotopic (exact) mass is 337 g/mol. The van der Waals surface area contributed by atoms with E-state index in [2.05, 4.69) is 41.4 Å². The first-order valence-corrected chi connectivity index (χ1v) is 9.59. The van der Waals surface area contributed by atoms with Gasteiger partial charge in [0.2, 0.25) is 0 Å². The summed E-state index contributed by atoms with van der Waals surface area (Å²) >= 11 is 0. The molecule has 0 radical (unpaired) electrons. The van der Waals surface area contributed by atoms with Gasteiger partial charge in [-0.15, -0.1) is 0 Å². The van der Waals surface area contributed by atoms with Crippen molar-refractivity contribution in [3.05, 3.63) is 52.8 Å². The Bertz CT molecular complexity index is 722. The number of amides is 1. The Labute approximate surface area is 149 Å². The number of carbonyl (C=O) groups is 1. The van der Waals surface area contributed by atoms with Crippen molar-refractivity contribution in [2.24, 2.45) is 5.92 Å². The fraction of sp³-hybridized carbons (Fsp3) is 0.524. The first-order valence-electron chi connectivity index (χ1n) is 9.59. The molecule has 4 heteroatoms. The lowest BCUT2D eigenvalue weighted by Crippen LogP contribution is -2.38. The molecule has 2 aliphatic rings. The summed E-state index contributed by atoms with van der Waals surface area (Å²) < 4.78 is 0. The Morgan fingerprint density at radius 2 is 1.88 bits per heavy atom. The van der Waals surface area contributed by atoms with E-state index in [0.717, 1.165) is 44.0 Å². The zero-order valence-corrected chi connectivity index (χ0v) is 15.0. The molecule has 2 aromatic rings. The second-order valence-electron chi connectivity index (χ2n) is 7.74. The van der Waals surface area contributed by atoms with Crippen molar-refractivity contribution < 1.29 is 4.79 Å². The van der Waals surface area contributed by atoms with E-state index in [1.807, 2.05) is 11.0 Å². The maximum atomic E-state index is 12.6. The molecule has 0 bridgehead atoms. The average Bonchev–Trinajstić information content (AvgIpc) is 3.38. The third kappa shape index (κ3) is 3.94. The van der Waals surface area contributed by atoms with Crippen LogP contribution in [0.25, 0.3) is 0 Å². The first kappa shape index (κ1) is 16.4. The van der Waals surface area contributed by atoms with Gasteiger partial charge in [0.1, 0.15) is 5.69 Å². The first-order chi connectivity index (χ1) is 12.2. The SMILES string of the molecule is Cc1ccc(CCC2CCN(C(=O)c3cc(C4CC4)[nH]n3)CC2)cc1. The van der Waals surface area contributed by atoms with Gasteiger partial charge in [-0.1, -0.05) is 29.8 Å². The number of carbonyl (C=O) groups excluding carboxylic acids is 1. The van der Waals surface area contributed by atoms with Crippen LogP contribution in [0.3, 0.4) is 0 Å². The Morgan fingerprint density at radius 3 is 2.56 bits per heavy atom. The molecule has 4 nitrogen and oxygen atoms in total. The normalized spacial score (nSPS) is 18.5. The molecule has 0 spiro atoms. The van der Waals surface area contributed by atoms with E-state index < -0.39 is 0 Å². The fourth-order valence-electron chi connectivity index (χ4n) is 3.76. The summed E-state index contributed by atoms with van der Waals surface area (Å²) in [7, 11) is 0. The van der Waals surface area contributed by atoms with Crippen molar-refractivity contribution in [2.45, 2.75) is 51.4 Å². The minimum absolute atomic E-state index is 0.0973. The van der Waals surface area contributed by atoms with Gasteiger partial charge in [0.25, 0.3) is 5.91 Å². The molecule has 1 aliphatic heterocycles. The van der Waals surface area contributed by atoms with Crippen LogP contribution in [0.15, 0.2) is 30.3 Å². The third-order valence-corrected chi connectivity index (χ3v) is 5.70. The molecule has 1 saturated heterocycles. The Balaban J connectivity index is 1.25. The summed E-state index contributed by atoms with van der Waals surface area (Å²) in [5.74, 6) is 1.44. The van der Waals surface area contributed by atoms with E-state index in [9.17, 15) is 4.79 Å². The van der Waals surface area contributed by atoms with E-state index in [1.165, 1.54) is 30.4 Å². The molecule has 25 heavy (non-hydrogen) atoms. The van der Waals surface area contributed by atoms with Crippen LogP contribution >= 0.6 is 0 Å². The van der Waals surface area contributed by atoms with Gasteiger partial charge in [0, 0.05) is 24.7 Å². The van der Waals surface area contributed by atoms with E-state index in [1.54, 1.807) is 0 Å². The van der Waals surface area contributed by atoms with Gasteiger partial charge in [-0.2, -0.15) is 5.10 Å². The van der Waals surface area contributed by atoms with Crippen molar-refractivity contribution in [3.63, 3.8) is 0 Å². The molecule has 2 heterocycles. The molecule has 132 valence electrons. The maximum Gasteiger partial charge on any atom is 0.274 e. The van der Waals surface area contributed by atoms with Gasteiger partial charge in [-0.05, 0) is 63.0 Å². The number of H-pyrrole nitrogens is 1. The minimum atomic E-state index is 0.0973. The second kappa shape index (κ2) is 7.03. The van der Waals surface area contributed by atoms with Crippen LogP contribution in [0.2, 0.25) is 0 Å². The molecule has 1 aliphatic carbocycles. The summed E-state index contributed by atoms with van der Waals surface area (Å²) in [5.41, 5.74) is 4.48. The van der Waals surface area contributed by atoms with E-state index in [4.69, 9.17) is 0 Å². The van der Waals surface area contributed by atoms with Gasteiger partial charge >= 0.3 is 0 Å². The highest BCUT2D eigenvalue weighted by Crippen LogP contribution is 2.39. The van der Waals surface area contributed by atoms with E-state index in [-0.39, 0.29) is 5.91 Å². The average molecular weight is 337 g/mol. The van der Waals surface area contributed by atoms with E-state index >= 15 is 0 Å². The molecule has 0 atom stereocenters. The molecule has 0 unspecified atom stereocenters. The molecule has 2 fully saturated rings. The van der Waals surface area contributed by atoms with Crippen LogP contribution in [0.4, 0.5) is 0 Å². The molecule has 1 amide bonds. The standard InChI is InChI=1S/C21H27N3O/c1-15-2-4-16(5-3-15)6-7-17-10-12-24(13-11-17)21(25)20-14-19(22-23-20)18-8-9-18/h2-5,14,17-18H,6-13H2,1H3,(H,22,23). The number of likely N-dealkylation sites (tertiary alicyclic amines) is 1. The van der Waals surface area contributed by atoms with Crippen molar-refractivity contribution in [2.75, 3.05) is 13.1 Å². The number of nitrogens with zero attached hydrogens (tertiary/aromatic N) is 2.